The SMILES string of the molecule is Cc1nnc(CNCc2ccncn2)o1. The Morgan fingerprint density at radius 3 is 2.93 bits per heavy atom. The van der Waals surface area contributed by atoms with Gasteiger partial charge in [0.15, 0.2) is 0 Å². The van der Waals surface area contributed by atoms with Gasteiger partial charge in [0, 0.05) is 19.7 Å². The number of hydrogen-bond donors (Lipinski definition) is 1. The first kappa shape index (κ1) is 9.72. The molecule has 0 amide bonds. The molecule has 0 aliphatic rings. The number of hydrogen-bond acceptors (Lipinski definition) is 6. The highest BCUT2D eigenvalue weighted by Gasteiger charge is 2.01. The number of aromatic nitrogens is 4. The molecule has 2 heterocycles. The van der Waals surface area contributed by atoms with Crippen LogP contribution in [0.4, 0.5) is 0 Å². The second kappa shape index (κ2) is 4.61. The van der Waals surface area contributed by atoms with Crippen molar-refractivity contribution < 1.29 is 4.42 Å². The van der Waals surface area contributed by atoms with Crippen LogP contribution >= 0.6 is 0 Å². The van der Waals surface area contributed by atoms with Gasteiger partial charge >= 0.3 is 0 Å². The van der Waals surface area contributed by atoms with Crippen LogP contribution in [0.3, 0.4) is 0 Å². The van der Waals surface area contributed by atoms with Crippen LogP contribution in [0.15, 0.2) is 23.0 Å². The highest BCUT2D eigenvalue weighted by molar-refractivity contribution is 4.97. The lowest BCUT2D eigenvalue weighted by atomic mass is 10.4. The Morgan fingerprint density at radius 1 is 1.33 bits per heavy atom. The van der Waals surface area contributed by atoms with E-state index in [4.69, 9.17) is 4.42 Å². The average Bonchev–Trinajstić information content (AvgIpc) is 2.66. The Balaban J connectivity index is 1.80. The summed E-state index contributed by atoms with van der Waals surface area (Å²) in [7, 11) is 0. The Morgan fingerprint density at radius 2 is 2.27 bits per heavy atom. The van der Waals surface area contributed by atoms with Crippen molar-refractivity contribution in [3.63, 3.8) is 0 Å². The minimum atomic E-state index is 0.546. The minimum Gasteiger partial charge on any atom is -0.424 e. The predicted molar refractivity (Wildman–Crippen MR) is 51.6 cm³/mol. The zero-order chi connectivity index (χ0) is 10.5. The zero-order valence-corrected chi connectivity index (χ0v) is 8.34. The third-order valence-electron chi connectivity index (χ3n) is 1.79. The first-order chi connectivity index (χ1) is 7.34. The third-order valence-corrected chi connectivity index (χ3v) is 1.79. The summed E-state index contributed by atoms with van der Waals surface area (Å²) < 4.78 is 5.20. The topological polar surface area (TPSA) is 76.7 Å². The van der Waals surface area contributed by atoms with Crippen molar-refractivity contribution in [3.8, 4) is 0 Å². The fourth-order valence-electron chi connectivity index (χ4n) is 1.13. The molecule has 0 radical (unpaired) electrons. The summed E-state index contributed by atoms with van der Waals surface area (Å²) in [5, 5.41) is 10.7. The molecule has 6 nitrogen and oxygen atoms in total. The van der Waals surface area contributed by atoms with E-state index in [9.17, 15) is 0 Å². The van der Waals surface area contributed by atoms with Crippen molar-refractivity contribution in [3.05, 3.63) is 36.1 Å². The first-order valence-corrected chi connectivity index (χ1v) is 4.59. The van der Waals surface area contributed by atoms with E-state index >= 15 is 0 Å². The van der Waals surface area contributed by atoms with Gasteiger partial charge in [-0.2, -0.15) is 0 Å². The van der Waals surface area contributed by atoms with E-state index in [0.717, 1.165) is 5.69 Å². The molecule has 2 aromatic rings. The van der Waals surface area contributed by atoms with Crippen LogP contribution in [0, 0.1) is 6.92 Å². The highest BCUT2D eigenvalue weighted by atomic mass is 16.4. The molecule has 1 N–H and O–H groups in total. The highest BCUT2D eigenvalue weighted by Crippen LogP contribution is 1.97. The molecule has 2 rings (SSSR count). The lowest BCUT2D eigenvalue weighted by Gasteiger charge is -1.99. The Labute approximate surface area is 86.8 Å². The quantitative estimate of drug-likeness (QED) is 0.781. The molecule has 0 aromatic carbocycles. The van der Waals surface area contributed by atoms with Gasteiger partial charge in [-0.3, -0.25) is 0 Å². The predicted octanol–water partition coefficient (Wildman–Crippen LogP) is 0.458. The van der Waals surface area contributed by atoms with Gasteiger partial charge in [0.25, 0.3) is 0 Å². The fourth-order valence-corrected chi connectivity index (χ4v) is 1.13. The summed E-state index contributed by atoms with van der Waals surface area (Å²) in [4.78, 5) is 7.91. The Bertz CT molecular complexity index is 413. The van der Waals surface area contributed by atoms with Gasteiger partial charge in [0.05, 0.1) is 12.2 Å². The van der Waals surface area contributed by atoms with Crippen LogP contribution in [-0.4, -0.2) is 20.2 Å². The average molecular weight is 205 g/mol. The lowest BCUT2D eigenvalue weighted by Crippen LogP contribution is -2.13. The van der Waals surface area contributed by atoms with Crippen LogP contribution < -0.4 is 5.32 Å². The van der Waals surface area contributed by atoms with Gasteiger partial charge in [-0.25, -0.2) is 9.97 Å². The van der Waals surface area contributed by atoms with Crippen molar-refractivity contribution in [2.24, 2.45) is 0 Å². The second-order valence-corrected chi connectivity index (χ2v) is 3.02. The van der Waals surface area contributed by atoms with Gasteiger partial charge in [0.1, 0.15) is 6.33 Å². The normalized spacial score (nSPS) is 10.5. The van der Waals surface area contributed by atoms with Gasteiger partial charge in [-0.15, -0.1) is 10.2 Å². The van der Waals surface area contributed by atoms with Crippen molar-refractivity contribution >= 4 is 0 Å². The van der Waals surface area contributed by atoms with Crippen LogP contribution in [-0.2, 0) is 13.1 Å². The summed E-state index contributed by atoms with van der Waals surface area (Å²) in [6, 6.07) is 1.85. The van der Waals surface area contributed by atoms with E-state index in [2.05, 4.69) is 25.5 Å². The van der Waals surface area contributed by atoms with Gasteiger partial charge in [-0.05, 0) is 6.07 Å². The molecule has 0 spiro atoms. The second-order valence-electron chi connectivity index (χ2n) is 3.02. The monoisotopic (exact) mass is 205 g/mol. The maximum atomic E-state index is 5.20. The van der Waals surface area contributed by atoms with Crippen molar-refractivity contribution in [2.45, 2.75) is 20.0 Å². The molecule has 0 unspecified atom stereocenters. The molecule has 0 saturated carbocycles. The van der Waals surface area contributed by atoms with Gasteiger partial charge in [-0.1, -0.05) is 0 Å². The molecule has 2 aromatic heterocycles. The van der Waals surface area contributed by atoms with Crippen LogP contribution in [0.1, 0.15) is 17.5 Å². The van der Waals surface area contributed by atoms with E-state index in [0.29, 0.717) is 24.9 Å². The van der Waals surface area contributed by atoms with E-state index in [1.165, 1.54) is 6.33 Å². The third kappa shape index (κ3) is 2.81. The molecule has 78 valence electrons. The molecular formula is C9H11N5O. The standard InChI is InChI=1S/C9H11N5O/c1-7-13-14-9(15-7)5-11-4-8-2-3-10-6-12-8/h2-3,6,11H,4-5H2,1H3. The van der Waals surface area contributed by atoms with Gasteiger partial charge < -0.3 is 9.73 Å². The van der Waals surface area contributed by atoms with Gasteiger partial charge in [0.2, 0.25) is 11.8 Å². The number of nitrogens with one attached hydrogen (secondary N) is 1. The Kier molecular flexibility index (Phi) is 2.99. The summed E-state index contributed by atoms with van der Waals surface area (Å²) in [5.74, 6) is 1.16. The molecule has 0 saturated heterocycles. The zero-order valence-electron chi connectivity index (χ0n) is 8.34. The van der Waals surface area contributed by atoms with E-state index < -0.39 is 0 Å². The maximum Gasteiger partial charge on any atom is 0.230 e. The summed E-state index contributed by atoms with van der Waals surface area (Å²) >= 11 is 0. The molecule has 0 atom stereocenters. The number of rotatable bonds is 4. The molecule has 15 heavy (non-hydrogen) atoms. The largest absolute Gasteiger partial charge is 0.424 e. The molecular weight excluding hydrogens is 194 g/mol. The maximum absolute atomic E-state index is 5.20. The van der Waals surface area contributed by atoms with Crippen LogP contribution in [0.25, 0.3) is 0 Å². The molecule has 0 aliphatic carbocycles. The summed E-state index contributed by atoms with van der Waals surface area (Å²) in [6.07, 6.45) is 3.23. The van der Waals surface area contributed by atoms with Crippen LogP contribution in [0.5, 0.6) is 0 Å². The summed E-state index contributed by atoms with van der Waals surface area (Å²) in [5.41, 5.74) is 0.932. The minimum absolute atomic E-state index is 0.546. The van der Waals surface area contributed by atoms with Crippen molar-refractivity contribution in [2.75, 3.05) is 0 Å². The summed E-state index contributed by atoms with van der Waals surface area (Å²) in [6.45, 7) is 2.97. The molecule has 0 fully saturated rings. The van der Waals surface area contributed by atoms with E-state index in [1.54, 1.807) is 13.1 Å². The van der Waals surface area contributed by atoms with E-state index in [-0.39, 0.29) is 0 Å². The van der Waals surface area contributed by atoms with E-state index in [1.807, 2.05) is 6.07 Å². The lowest BCUT2D eigenvalue weighted by molar-refractivity contribution is 0.446. The Hall–Kier alpha value is -1.82. The van der Waals surface area contributed by atoms with Crippen molar-refractivity contribution in [1.82, 2.24) is 25.5 Å². The fraction of sp³-hybridized carbons (Fsp3) is 0.333. The molecule has 0 bridgehead atoms. The molecule has 6 heteroatoms. The number of aryl methyl sites for hydroxylation is 1. The van der Waals surface area contributed by atoms with Crippen molar-refractivity contribution in [1.29, 1.82) is 0 Å². The molecule has 0 aliphatic heterocycles. The first-order valence-electron chi connectivity index (χ1n) is 4.59. The smallest absolute Gasteiger partial charge is 0.230 e. The number of nitrogens with zero attached hydrogens (tertiary/aromatic N) is 4. The van der Waals surface area contributed by atoms with Crippen LogP contribution in [0.2, 0.25) is 0 Å².